The minimum atomic E-state index is -1.02. The Kier molecular flexibility index (Phi) is 11.2. The van der Waals surface area contributed by atoms with Gasteiger partial charge in [-0.1, -0.05) is 35.9 Å². The lowest BCUT2D eigenvalue weighted by atomic mass is 9.88. The van der Waals surface area contributed by atoms with Gasteiger partial charge in [-0.2, -0.15) is 5.10 Å². The van der Waals surface area contributed by atoms with E-state index in [4.69, 9.17) is 4.74 Å². The van der Waals surface area contributed by atoms with E-state index in [1.54, 1.807) is 25.4 Å². The molecule has 0 aliphatic carbocycles. The van der Waals surface area contributed by atoms with Crippen molar-refractivity contribution in [1.29, 1.82) is 0 Å². The molecule has 2 aromatic carbocycles. The van der Waals surface area contributed by atoms with Gasteiger partial charge in [-0.15, -0.1) is 0 Å². The molecule has 0 spiro atoms. The second kappa shape index (κ2) is 15.6. The number of hydrogen-bond donors (Lipinski definition) is 3. The summed E-state index contributed by atoms with van der Waals surface area (Å²) in [5, 5.41) is 12.2. The van der Waals surface area contributed by atoms with Gasteiger partial charge in [0.1, 0.15) is 22.9 Å². The number of anilines is 1. The number of piperidine rings is 2. The number of likely N-dealkylation sites (tertiary alicyclic amines) is 1. The molecule has 1 aromatic heterocycles. The third-order valence-corrected chi connectivity index (χ3v) is 9.40. The molecule has 14 nitrogen and oxygen atoms in total. The van der Waals surface area contributed by atoms with Crippen LogP contribution in [0.15, 0.2) is 57.9 Å². The molecular weight excluding hydrogens is 698 g/mol. The summed E-state index contributed by atoms with van der Waals surface area (Å²) < 4.78 is 7.35. The quantitative estimate of drug-likeness (QED) is 0.168. The predicted octanol–water partition coefficient (Wildman–Crippen LogP) is 1.96. The maximum Gasteiger partial charge on any atom is 0.282 e. The van der Waals surface area contributed by atoms with Crippen molar-refractivity contribution in [2.75, 3.05) is 38.6 Å². The fourth-order valence-corrected chi connectivity index (χ4v) is 6.69. The molecule has 0 bridgehead atoms. The van der Waals surface area contributed by atoms with E-state index >= 15 is 0 Å². The highest BCUT2D eigenvalue weighted by molar-refractivity contribution is 9.10. The Hall–Kier alpha value is -4.89. The molecule has 0 radical (unpaired) electrons. The third-order valence-electron chi connectivity index (χ3n) is 8.64. The largest absolute Gasteiger partial charge is 0.491 e. The third kappa shape index (κ3) is 8.05. The van der Waals surface area contributed by atoms with Gasteiger partial charge in [-0.25, -0.2) is 4.68 Å². The summed E-state index contributed by atoms with van der Waals surface area (Å²) in [6, 6.07) is 12.7. The maximum atomic E-state index is 12.7. The monoisotopic (exact) mass is 735 g/mol. The number of nitrogens with one attached hydrogen (secondary N) is 3. The first-order valence-electron chi connectivity index (χ1n) is 15.9. The van der Waals surface area contributed by atoms with Crippen molar-refractivity contribution in [2.24, 2.45) is 7.05 Å². The number of hydrogen-bond acceptors (Lipinski definition) is 10. The average Bonchev–Trinajstić information content (AvgIpc) is 3.33. The highest BCUT2D eigenvalue weighted by atomic mass is 79.9. The number of imide groups is 2. The molecule has 6 rings (SSSR count). The second-order valence-corrected chi connectivity index (χ2v) is 13.0. The van der Waals surface area contributed by atoms with Crippen LogP contribution in [0.4, 0.5) is 5.69 Å². The molecule has 3 aromatic rings. The molecule has 49 heavy (non-hydrogen) atoms. The van der Waals surface area contributed by atoms with Gasteiger partial charge in [0, 0.05) is 32.6 Å². The number of benzene rings is 2. The summed E-state index contributed by atoms with van der Waals surface area (Å²) in [6.07, 6.45) is 3.42. The van der Waals surface area contributed by atoms with Crippen molar-refractivity contribution in [3.8, 4) is 5.75 Å². The molecule has 3 atom stereocenters. The number of fused-ring (bicyclic) bond motifs is 1. The smallest absolute Gasteiger partial charge is 0.282 e. The van der Waals surface area contributed by atoms with Crippen LogP contribution in [0.1, 0.15) is 57.0 Å². The predicted molar refractivity (Wildman–Crippen MR) is 183 cm³/mol. The molecule has 3 unspecified atom stereocenters. The van der Waals surface area contributed by atoms with Crippen LogP contribution < -0.4 is 26.2 Å². The zero-order valence-corrected chi connectivity index (χ0v) is 29.0. The average molecular weight is 737 g/mol. The Labute approximate surface area is 291 Å². The minimum absolute atomic E-state index is 0.0601. The van der Waals surface area contributed by atoms with Crippen LogP contribution in [0.2, 0.25) is 0 Å². The van der Waals surface area contributed by atoms with Crippen molar-refractivity contribution in [2.45, 2.75) is 44.2 Å². The molecule has 3 N–H and O–H groups in total. The number of carbonyl (C=O) groups is 5. The van der Waals surface area contributed by atoms with E-state index in [1.165, 1.54) is 21.9 Å². The number of halogens is 1. The van der Waals surface area contributed by atoms with E-state index in [1.807, 2.05) is 0 Å². The standard InChI is InChI=1S/C18H23BrN4O.C16H15N3O6/c1-12-4-6-13(7-5-12)14-8-15(11-22(2)10-14)21-16-9-20-23(3)18(24)17(16)19;20-8-17-6-7-25-11-3-1-2-9-13(11)16(24)19(15(9)23)10-4-5-12(21)18-14(10)22/h4-7,9,14-15,21H,8,10-11H2,1-3H3;1-3,8,10H,4-7H2,(H,17,20)(H,18,21,22). The van der Waals surface area contributed by atoms with Gasteiger partial charge in [0.15, 0.2) is 0 Å². The normalized spacial score (nSPS) is 20.6. The van der Waals surface area contributed by atoms with Gasteiger partial charge in [0.2, 0.25) is 18.2 Å². The van der Waals surface area contributed by atoms with Gasteiger partial charge in [-0.3, -0.25) is 39.0 Å². The Bertz CT molecular complexity index is 1810. The first-order valence-corrected chi connectivity index (χ1v) is 16.7. The summed E-state index contributed by atoms with van der Waals surface area (Å²) in [5.74, 6) is -1.62. The van der Waals surface area contributed by atoms with Crippen LogP contribution in [0.5, 0.6) is 5.75 Å². The van der Waals surface area contributed by atoms with Gasteiger partial charge < -0.3 is 20.3 Å². The zero-order valence-electron chi connectivity index (χ0n) is 27.4. The summed E-state index contributed by atoms with van der Waals surface area (Å²) in [5.41, 5.74) is 3.53. The van der Waals surface area contributed by atoms with Crippen LogP contribution in [0, 0.1) is 6.92 Å². The van der Waals surface area contributed by atoms with E-state index in [9.17, 15) is 28.8 Å². The van der Waals surface area contributed by atoms with E-state index in [-0.39, 0.29) is 54.5 Å². The fraction of sp³-hybridized carbons (Fsp3) is 0.382. The Morgan fingerprint density at radius 2 is 1.80 bits per heavy atom. The number of carbonyl (C=O) groups excluding carboxylic acids is 5. The van der Waals surface area contributed by atoms with Crippen molar-refractivity contribution < 1.29 is 28.7 Å². The van der Waals surface area contributed by atoms with Crippen molar-refractivity contribution >= 4 is 51.7 Å². The van der Waals surface area contributed by atoms with Gasteiger partial charge in [0.05, 0.1) is 29.6 Å². The first-order chi connectivity index (χ1) is 23.5. The Morgan fingerprint density at radius 1 is 1.04 bits per heavy atom. The van der Waals surface area contributed by atoms with Gasteiger partial charge in [-0.05, 0) is 66.4 Å². The van der Waals surface area contributed by atoms with E-state index in [0.717, 1.165) is 30.1 Å². The minimum Gasteiger partial charge on any atom is -0.491 e. The van der Waals surface area contributed by atoms with Crippen LogP contribution in [0.3, 0.4) is 0 Å². The zero-order chi connectivity index (χ0) is 35.2. The summed E-state index contributed by atoms with van der Waals surface area (Å²) in [6.45, 7) is 4.48. The molecule has 0 saturated carbocycles. The lowest BCUT2D eigenvalue weighted by Crippen LogP contribution is -2.54. The summed E-state index contributed by atoms with van der Waals surface area (Å²) in [4.78, 5) is 74.1. The lowest BCUT2D eigenvalue weighted by molar-refractivity contribution is -0.136. The molecule has 3 aliphatic rings. The van der Waals surface area contributed by atoms with E-state index in [2.05, 4.69) is 80.1 Å². The highest BCUT2D eigenvalue weighted by Gasteiger charge is 2.46. The van der Waals surface area contributed by atoms with Crippen molar-refractivity contribution in [3.05, 3.63) is 85.7 Å². The number of likely N-dealkylation sites (N-methyl/N-ethyl adjacent to an activating group) is 1. The molecule has 258 valence electrons. The first kappa shape index (κ1) is 35.4. The van der Waals surface area contributed by atoms with Crippen LogP contribution in [-0.2, 0) is 21.4 Å². The lowest BCUT2D eigenvalue weighted by Gasteiger charge is -2.36. The van der Waals surface area contributed by atoms with Crippen molar-refractivity contribution in [3.63, 3.8) is 0 Å². The van der Waals surface area contributed by atoms with Crippen LogP contribution in [0.25, 0.3) is 0 Å². The SMILES string of the molecule is Cc1ccc(C2CC(Nc3cnn(C)c(=O)c3Br)CN(C)C2)cc1.O=CNCCOc1cccc2c1C(=O)N(C1CCC(=O)NC1=O)C2=O. The van der Waals surface area contributed by atoms with Crippen molar-refractivity contribution in [1.82, 2.24) is 30.2 Å². The van der Waals surface area contributed by atoms with E-state index in [0.29, 0.717) is 16.8 Å². The van der Waals surface area contributed by atoms with Crippen LogP contribution in [-0.4, -0.2) is 95.0 Å². The molecule has 2 saturated heterocycles. The molecule has 2 fully saturated rings. The fourth-order valence-electron chi connectivity index (χ4n) is 6.22. The Balaban J connectivity index is 0.000000191. The number of amides is 5. The molecule has 15 heteroatoms. The Morgan fingerprint density at radius 3 is 2.51 bits per heavy atom. The summed E-state index contributed by atoms with van der Waals surface area (Å²) >= 11 is 3.39. The number of ether oxygens (including phenoxy) is 1. The number of aromatic nitrogens is 2. The number of rotatable bonds is 9. The maximum absolute atomic E-state index is 12.7. The number of nitrogens with zero attached hydrogens (tertiary/aromatic N) is 4. The highest BCUT2D eigenvalue weighted by Crippen LogP contribution is 2.34. The molecule has 4 heterocycles. The second-order valence-electron chi connectivity index (χ2n) is 12.3. The molecule has 3 aliphatic heterocycles. The summed E-state index contributed by atoms with van der Waals surface area (Å²) in [7, 11) is 3.80. The van der Waals surface area contributed by atoms with Gasteiger partial charge >= 0.3 is 0 Å². The number of aryl methyl sites for hydroxylation is 2. The van der Waals surface area contributed by atoms with E-state index < -0.39 is 29.7 Å². The molecule has 5 amide bonds. The topological polar surface area (TPSA) is 172 Å². The van der Waals surface area contributed by atoms with Crippen LogP contribution >= 0.6 is 15.9 Å². The molecular formula is C34H38BrN7O7. The van der Waals surface area contributed by atoms with Gasteiger partial charge in [0.25, 0.3) is 17.4 Å².